The molecule has 0 aliphatic carbocycles. The lowest BCUT2D eigenvalue weighted by molar-refractivity contribution is -0.136. The molecule has 0 aliphatic rings. The van der Waals surface area contributed by atoms with Crippen LogP contribution in [0.15, 0.2) is 34.7 Å². The highest BCUT2D eigenvalue weighted by Gasteiger charge is 2.16. The summed E-state index contributed by atoms with van der Waals surface area (Å²) in [6.07, 6.45) is 0. The zero-order valence-corrected chi connectivity index (χ0v) is 12.7. The summed E-state index contributed by atoms with van der Waals surface area (Å²) in [6, 6.07) is 8.71. The zero-order valence-electron chi connectivity index (χ0n) is 12.7. The van der Waals surface area contributed by atoms with Gasteiger partial charge in [0.1, 0.15) is 17.3 Å². The van der Waals surface area contributed by atoms with Gasteiger partial charge in [0.05, 0.1) is 12.8 Å². The molecule has 116 valence electrons. The Kier molecular flexibility index (Phi) is 4.83. The van der Waals surface area contributed by atoms with Gasteiger partial charge in [-0.1, -0.05) is 12.1 Å². The van der Waals surface area contributed by atoms with E-state index in [1.54, 1.807) is 24.3 Å². The summed E-state index contributed by atoms with van der Waals surface area (Å²) in [5.41, 5.74) is 1.29. The van der Waals surface area contributed by atoms with E-state index in [0.717, 1.165) is 17.1 Å². The van der Waals surface area contributed by atoms with Gasteiger partial charge in [0.25, 0.3) is 0 Å². The first kappa shape index (κ1) is 15.6. The molecule has 0 saturated carbocycles. The number of anilines is 1. The topological polar surface area (TPSA) is 80.6 Å². The fourth-order valence-electron chi connectivity index (χ4n) is 2.04. The third kappa shape index (κ3) is 3.66. The number of furan rings is 1. The number of nitrogens with one attached hydrogen (secondary N) is 2. The molecule has 2 N–H and O–H groups in total. The maximum Gasteiger partial charge on any atom is 0.313 e. The molecular weight excluding hydrogens is 284 g/mol. The summed E-state index contributed by atoms with van der Waals surface area (Å²) in [4.78, 5) is 23.7. The van der Waals surface area contributed by atoms with E-state index in [9.17, 15) is 9.59 Å². The Morgan fingerprint density at radius 3 is 2.55 bits per heavy atom. The van der Waals surface area contributed by atoms with Crippen molar-refractivity contribution in [1.82, 2.24) is 5.32 Å². The van der Waals surface area contributed by atoms with Crippen LogP contribution in [0.25, 0.3) is 0 Å². The summed E-state index contributed by atoms with van der Waals surface area (Å²) in [5, 5.41) is 5.08. The minimum atomic E-state index is -0.748. The minimum Gasteiger partial charge on any atom is -0.495 e. The van der Waals surface area contributed by atoms with Crippen molar-refractivity contribution >= 4 is 17.5 Å². The average Bonchev–Trinajstić information content (AvgIpc) is 2.83. The number of ether oxygens (including phenoxy) is 1. The van der Waals surface area contributed by atoms with Gasteiger partial charge >= 0.3 is 11.8 Å². The van der Waals surface area contributed by atoms with Crippen LogP contribution in [-0.2, 0) is 16.1 Å². The number of methoxy groups -OCH3 is 1. The summed E-state index contributed by atoms with van der Waals surface area (Å²) >= 11 is 0. The van der Waals surface area contributed by atoms with E-state index in [2.05, 4.69) is 10.6 Å². The lowest BCUT2D eigenvalue weighted by Crippen LogP contribution is -2.35. The van der Waals surface area contributed by atoms with Crippen molar-refractivity contribution in [2.75, 3.05) is 12.4 Å². The van der Waals surface area contributed by atoms with E-state index >= 15 is 0 Å². The third-order valence-electron chi connectivity index (χ3n) is 3.14. The lowest BCUT2D eigenvalue weighted by Gasteiger charge is -2.09. The van der Waals surface area contributed by atoms with E-state index in [4.69, 9.17) is 9.15 Å². The van der Waals surface area contributed by atoms with Crippen molar-refractivity contribution in [2.24, 2.45) is 0 Å². The van der Waals surface area contributed by atoms with Crippen LogP contribution in [0.2, 0.25) is 0 Å². The van der Waals surface area contributed by atoms with Gasteiger partial charge in [-0.2, -0.15) is 0 Å². The van der Waals surface area contributed by atoms with Crippen molar-refractivity contribution < 1.29 is 18.7 Å². The smallest absolute Gasteiger partial charge is 0.313 e. The van der Waals surface area contributed by atoms with Crippen LogP contribution in [0.3, 0.4) is 0 Å². The van der Waals surface area contributed by atoms with Gasteiger partial charge in [0.15, 0.2) is 0 Å². The van der Waals surface area contributed by atoms with Gasteiger partial charge in [-0.25, -0.2) is 0 Å². The molecule has 0 spiro atoms. The number of hydrogen-bond donors (Lipinski definition) is 2. The number of carbonyl (C=O) groups excluding carboxylic acids is 2. The van der Waals surface area contributed by atoms with E-state index in [-0.39, 0.29) is 6.54 Å². The van der Waals surface area contributed by atoms with Crippen LogP contribution in [0.4, 0.5) is 5.69 Å². The summed E-state index contributed by atoms with van der Waals surface area (Å²) in [5.74, 6) is 0.514. The molecule has 0 atom stereocenters. The summed E-state index contributed by atoms with van der Waals surface area (Å²) < 4.78 is 10.5. The molecule has 1 heterocycles. The quantitative estimate of drug-likeness (QED) is 0.848. The fourth-order valence-corrected chi connectivity index (χ4v) is 2.04. The summed E-state index contributed by atoms with van der Waals surface area (Å²) in [6.45, 7) is 3.87. The van der Waals surface area contributed by atoms with Gasteiger partial charge < -0.3 is 19.8 Å². The molecule has 0 aliphatic heterocycles. The van der Waals surface area contributed by atoms with Crippen LogP contribution < -0.4 is 15.4 Å². The molecule has 2 rings (SSSR count). The van der Waals surface area contributed by atoms with Crippen LogP contribution >= 0.6 is 0 Å². The molecule has 0 fully saturated rings. The Bertz CT molecular complexity index is 691. The lowest BCUT2D eigenvalue weighted by atomic mass is 10.2. The van der Waals surface area contributed by atoms with Crippen LogP contribution in [0.5, 0.6) is 5.75 Å². The average molecular weight is 302 g/mol. The van der Waals surface area contributed by atoms with Crippen LogP contribution in [0.1, 0.15) is 17.1 Å². The molecule has 22 heavy (non-hydrogen) atoms. The van der Waals surface area contributed by atoms with Gasteiger partial charge in [0, 0.05) is 12.1 Å². The minimum absolute atomic E-state index is 0.237. The van der Waals surface area contributed by atoms with Gasteiger partial charge in [-0.15, -0.1) is 0 Å². The fraction of sp³-hybridized carbons (Fsp3) is 0.250. The van der Waals surface area contributed by atoms with E-state index in [0.29, 0.717) is 11.4 Å². The Balaban J connectivity index is 1.95. The highest BCUT2D eigenvalue weighted by molar-refractivity contribution is 6.39. The molecule has 1 aromatic carbocycles. The molecule has 2 amide bonds. The molecule has 0 unspecified atom stereocenters. The first-order valence-corrected chi connectivity index (χ1v) is 6.79. The maximum atomic E-state index is 11.9. The molecule has 0 radical (unpaired) electrons. The van der Waals surface area contributed by atoms with Crippen molar-refractivity contribution in [3.63, 3.8) is 0 Å². The normalized spacial score (nSPS) is 10.1. The Morgan fingerprint density at radius 1 is 1.18 bits per heavy atom. The number of aryl methyl sites for hydroxylation is 2. The predicted molar refractivity (Wildman–Crippen MR) is 81.7 cm³/mol. The Labute approximate surface area is 128 Å². The van der Waals surface area contributed by atoms with E-state index in [1.807, 2.05) is 19.9 Å². The maximum absolute atomic E-state index is 11.9. The second kappa shape index (κ2) is 6.80. The van der Waals surface area contributed by atoms with Gasteiger partial charge in [-0.3, -0.25) is 9.59 Å². The standard InChI is InChI=1S/C16H18N2O4/c1-10-8-12(11(2)22-10)9-17-15(19)16(20)18-13-6-4-5-7-14(13)21-3/h4-8H,9H2,1-3H3,(H,17,19)(H,18,20). The molecule has 1 aromatic heterocycles. The van der Waals surface area contributed by atoms with Crippen molar-refractivity contribution in [2.45, 2.75) is 20.4 Å². The van der Waals surface area contributed by atoms with Gasteiger partial charge in [0.2, 0.25) is 0 Å². The monoisotopic (exact) mass is 302 g/mol. The first-order valence-electron chi connectivity index (χ1n) is 6.79. The van der Waals surface area contributed by atoms with Crippen molar-refractivity contribution in [3.8, 4) is 5.75 Å². The second-order valence-electron chi connectivity index (χ2n) is 4.78. The zero-order chi connectivity index (χ0) is 16.1. The van der Waals surface area contributed by atoms with Crippen LogP contribution in [-0.4, -0.2) is 18.9 Å². The van der Waals surface area contributed by atoms with Crippen molar-refractivity contribution in [3.05, 3.63) is 47.4 Å². The molecule has 2 aromatic rings. The molecular formula is C16H18N2O4. The number of amides is 2. The largest absolute Gasteiger partial charge is 0.495 e. The van der Waals surface area contributed by atoms with Crippen LogP contribution in [0, 0.1) is 13.8 Å². The number of hydrogen-bond acceptors (Lipinski definition) is 4. The number of benzene rings is 1. The molecule has 0 bridgehead atoms. The molecule has 0 saturated heterocycles. The summed E-state index contributed by atoms with van der Waals surface area (Å²) in [7, 11) is 1.50. The number of para-hydroxylation sites is 2. The third-order valence-corrected chi connectivity index (χ3v) is 3.14. The second-order valence-corrected chi connectivity index (χ2v) is 4.78. The first-order chi connectivity index (χ1) is 10.5. The molecule has 6 heteroatoms. The Hall–Kier alpha value is -2.76. The van der Waals surface area contributed by atoms with E-state index in [1.165, 1.54) is 7.11 Å². The van der Waals surface area contributed by atoms with Gasteiger partial charge in [-0.05, 0) is 32.0 Å². The van der Waals surface area contributed by atoms with E-state index < -0.39 is 11.8 Å². The SMILES string of the molecule is COc1ccccc1NC(=O)C(=O)NCc1cc(C)oc1C. The highest BCUT2D eigenvalue weighted by Crippen LogP contribution is 2.22. The number of rotatable bonds is 4. The predicted octanol–water partition coefficient (Wildman–Crippen LogP) is 2.16. The number of carbonyl (C=O) groups is 2. The molecule has 6 nitrogen and oxygen atoms in total. The van der Waals surface area contributed by atoms with Crippen molar-refractivity contribution in [1.29, 1.82) is 0 Å². The highest BCUT2D eigenvalue weighted by atomic mass is 16.5. The Morgan fingerprint density at radius 2 is 1.91 bits per heavy atom.